The van der Waals surface area contributed by atoms with Crippen LogP contribution >= 0.6 is 0 Å². The molecule has 0 aromatic heterocycles. The van der Waals surface area contributed by atoms with Crippen LogP contribution in [0.5, 0.6) is 0 Å². The fourth-order valence-corrected chi connectivity index (χ4v) is 4.31. The van der Waals surface area contributed by atoms with Crippen molar-refractivity contribution in [3.8, 4) is 0 Å². The highest BCUT2D eigenvalue weighted by atomic mass is 17.3. The molecule has 0 heterocycles. The topological polar surface area (TPSA) is 82.1 Å². The van der Waals surface area contributed by atoms with Gasteiger partial charge in [0.1, 0.15) is 0 Å². The lowest BCUT2D eigenvalue weighted by atomic mass is 10.0. The number of hydrogen-bond acceptors (Lipinski definition) is 5. The third-order valence-electron chi connectivity index (χ3n) is 6.40. The van der Waals surface area contributed by atoms with Gasteiger partial charge in [-0.3, -0.25) is 0 Å². The SMILES string of the molecule is CCCCCCCCCCCCCCCCCCCCCCCCCCOC(=O)OOC(=O)O. The van der Waals surface area contributed by atoms with E-state index in [-0.39, 0.29) is 6.61 Å². The number of carbonyl (C=O) groups excluding carboxylic acids is 1. The van der Waals surface area contributed by atoms with Gasteiger partial charge < -0.3 is 9.84 Å². The van der Waals surface area contributed by atoms with Crippen LogP contribution in [0, 0.1) is 0 Å². The number of unbranched alkanes of at least 4 members (excludes halogenated alkanes) is 23. The molecule has 0 aromatic carbocycles. The fourth-order valence-electron chi connectivity index (χ4n) is 4.31. The van der Waals surface area contributed by atoms with Crippen molar-refractivity contribution in [2.75, 3.05) is 6.61 Å². The molecule has 0 aromatic rings. The molecule has 0 radical (unpaired) electrons. The summed E-state index contributed by atoms with van der Waals surface area (Å²) in [5.74, 6) is 0. The first-order valence-electron chi connectivity index (χ1n) is 14.4. The van der Waals surface area contributed by atoms with E-state index in [1.165, 1.54) is 135 Å². The predicted octanol–water partition coefficient (Wildman–Crippen LogP) is 10.1. The normalized spacial score (nSPS) is 10.9. The molecule has 0 aliphatic carbocycles. The summed E-state index contributed by atoms with van der Waals surface area (Å²) < 4.78 is 4.69. The van der Waals surface area contributed by atoms with Crippen LogP contribution in [0.4, 0.5) is 9.59 Å². The molecule has 6 heteroatoms. The molecule has 0 saturated carbocycles. The number of hydrogen-bond donors (Lipinski definition) is 1. The largest absolute Gasteiger partial charge is 0.549 e. The first-order chi connectivity index (χ1) is 16.7. The quantitative estimate of drug-likeness (QED) is 0.0598. The van der Waals surface area contributed by atoms with Gasteiger partial charge in [0.15, 0.2) is 0 Å². The van der Waals surface area contributed by atoms with Crippen LogP contribution < -0.4 is 0 Å². The zero-order chi connectivity index (χ0) is 25.0. The lowest BCUT2D eigenvalue weighted by molar-refractivity contribution is -0.213. The molecule has 0 saturated heterocycles. The van der Waals surface area contributed by atoms with Crippen LogP contribution in [0.3, 0.4) is 0 Å². The Bertz CT molecular complexity index is 441. The van der Waals surface area contributed by atoms with E-state index in [1.807, 2.05) is 0 Å². The first-order valence-corrected chi connectivity index (χ1v) is 14.4. The summed E-state index contributed by atoms with van der Waals surface area (Å²) in [7, 11) is 0. The van der Waals surface area contributed by atoms with E-state index >= 15 is 0 Å². The van der Waals surface area contributed by atoms with E-state index in [2.05, 4.69) is 16.7 Å². The van der Waals surface area contributed by atoms with E-state index in [9.17, 15) is 9.59 Å². The zero-order valence-corrected chi connectivity index (χ0v) is 22.2. The second kappa shape index (κ2) is 27.8. The maximum atomic E-state index is 10.9. The minimum Gasteiger partial charge on any atom is -0.447 e. The lowest BCUT2D eigenvalue weighted by Crippen LogP contribution is -2.11. The smallest absolute Gasteiger partial charge is 0.447 e. The monoisotopic (exact) mass is 486 g/mol. The van der Waals surface area contributed by atoms with Gasteiger partial charge in [-0.2, -0.15) is 9.68 Å². The Morgan fingerprint density at radius 1 is 0.471 bits per heavy atom. The molecule has 6 nitrogen and oxygen atoms in total. The van der Waals surface area contributed by atoms with E-state index in [0.29, 0.717) is 0 Å². The first kappa shape index (κ1) is 32.5. The van der Waals surface area contributed by atoms with Gasteiger partial charge in [-0.15, -0.1) is 0 Å². The zero-order valence-electron chi connectivity index (χ0n) is 22.2. The highest BCUT2D eigenvalue weighted by Crippen LogP contribution is 2.15. The van der Waals surface area contributed by atoms with Gasteiger partial charge in [0.2, 0.25) is 0 Å². The molecule has 0 bridgehead atoms. The molecule has 0 spiro atoms. The van der Waals surface area contributed by atoms with Crippen molar-refractivity contribution in [2.45, 2.75) is 161 Å². The molecule has 202 valence electrons. The molecule has 0 aliphatic heterocycles. The summed E-state index contributed by atoms with van der Waals surface area (Å²) in [5, 5.41) is 8.17. The number of carboxylic acid groups (broad SMARTS) is 1. The average Bonchev–Trinajstić information content (AvgIpc) is 2.82. The summed E-state index contributed by atoms with van der Waals surface area (Å²) in [5.41, 5.74) is 0. The summed E-state index contributed by atoms with van der Waals surface area (Å²) in [6.07, 6.45) is 29.4. The highest BCUT2D eigenvalue weighted by Gasteiger charge is 2.08. The van der Waals surface area contributed by atoms with Gasteiger partial charge in [0, 0.05) is 0 Å². The Labute approximate surface area is 209 Å². The number of ether oxygens (including phenoxy) is 1. The van der Waals surface area contributed by atoms with Crippen molar-refractivity contribution in [2.24, 2.45) is 0 Å². The Balaban J connectivity index is 3.08. The van der Waals surface area contributed by atoms with Gasteiger partial charge in [0.05, 0.1) is 6.61 Å². The number of rotatable bonds is 25. The van der Waals surface area contributed by atoms with E-state index in [4.69, 9.17) is 9.84 Å². The summed E-state index contributed by atoms with van der Waals surface area (Å²) in [6, 6.07) is 0. The van der Waals surface area contributed by atoms with E-state index in [0.717, 1.165) is 19.3 Å². The minimum absolute atomic E-state index is 0.223. The number of carbonyl (C=O) groups is 2. The summed E-state index contributed by atoms with van der Waals surface area (Å²) in [4.78, 5) is 28.5. The van der Waals surface area contributed by atoms with E-state index in [1.54, 1.807) is 0 Å². The molecular formula is C28H54O6. The predicted molar refractivity (Wildman–Crippen MR) is 138 cm³/mol. The lowest BCUT2D eigenvalue weighted by Gasteiger charge is -2.05. The van der Waals surface area contributed by atoms with Crippen molar-refractivity contribution >= 4 is 12.3 Å². The maximum Gasteiger partial charge on any atom is 0.549 e. The third-order valence-corrected chi connectivity index (χ3v) is 6.40. The maximum absolute atomic E-state index is 10.9. The van der Waals surface area contributed by atoms with Gasteiger partial charge in [-0.1, -0.05) is 155 Å². The van der Waals surface area contributed by atoms with Crippen molar-refractivity contribution in [3.63, 3.8) is 0 Å². The van der Waals surface area contributed by atoms with Crippen LogP contribution in [-0.2, 0) is 14.5 Å². The molecule has 0 rings (SSSR count). The molecule has 0 fully saturated rings. The van der Waals surface area contributed by atoms with Crippen LogP contribution in [-0.4, -0.2) is 24.0 Å². The second-order valence-corrected chi connectivity index (χ2v) is 9.66. The molecule has 1 N–H and O–H groups in total. The Kier molecular flexibility index (Phi) is 26.6. The van der Waals surface area contributed by atoms with Gasteiger partial charge in [-0.25, -0.2) is 9.68 Å². The van der Waals surface area contributed by atoms with Crippen LogP contribution in [0.1, 0.15) is 161 Å². The molecule has 0 amide bonds. The van der Waals surface area contributed by atoms with Gasteiger partial charge in [0.25, 0.3) is 0 Å². The van der Waals surface area contributed by atoms with Crippen LogP contribution in [0.2, 0.25) is 0 Å². The summed E-state index contributed by atoms with van der Waals surface area (Å²) >= 11 is 0. The Hall–Kier alpha value is -1.46. The van der Waals surface area contributed by atoms with Gasteiger partial charge >= 0.3 is 12.3 Å². The van der Waals surface area contributed by atoms with Crippen molar-refractivity contribution in [3.05, 3.63) is 0 Å². The molecule has 34 heavy (non-hydrogen) atoms. The molecule has 0 unspecified atom stereocenters. The van der Waals surface area contributed by atoms with Crippen molar-refractivity contribution in [1.82, 2.24) is 0 Å². The third kappa shape index (κ3) is 28.6. The summed E-state index contributed by atoms with van der Waals surface area (Å²) in [6.45, 7) is 2.51. The van der Waals surface area contributed by atoms with Crippen LogP contribution in [0.25, 0.3) is 0 Å². The van der Waals surface area contributed by atoms with Crippen molar-refractivity contribution < 1.29 is 29.2 Å². The van der Waals surface area contributed by atoms with Crippen molar-refractivity contribution in [1.29, 1.82) is 0 Å². The van der Waals surface area contributed by atoms with E-state index < -0.39 is 12.3 Å². The fraction of sp³-hybridized carbons (Fsp3) is 0.929. The average molecular weight is 487 g/mol. The second-order valence-electron chi connectivity index (χ2n) is 9.66. The molecule has 0 atom stereocenters. The molecular weight excluding hydrogens is 432 g/mol. The Morgan fingerprint density at radius 3 is 1.06 bits per heavy atom. The minimum atomic E-state index is -1.67. The molecule has 0 aliphatic rings. The highest BCUT2D eigenvalue weighted by molar-refractivity contribution is 5.62. The standard InChI is InChI=1S/C28H54O6/c1-2-3-4-5-6-7-8-9-10-11-12-13-14-15-16-17-18-19-20-21-22-23-24-25-26-32-28(31)34-33-27(29)30/h2-26H2,1H3,(H,29,30). The van der Waals surface area contributed by atoms with Gasteiger partial charge in [-0.05, 0) is 6.42 Å². The van der Waals surface area contributed by atoms with Crippen LogP contribution in [0.15, 0.2) is 0 Å². The Morgan fingerprint density at radius 2 is 0.765 bits per heavy atom.